The van der Waals surface area contributed by atoms with Gasteiger partial charge in [0.15, 0.2) is 0 Å². The second-order valence-corrected chi connectivity index (χ2v) is 5.61. The summed E-state index contributed by atoms with van der Waals surface area (Å²) in [6.07, 6.45) is 0.974. The van der Waals surface area contributed by atoms with Crippen LogP contribution in [0.1, 0.15) is 12.5 Å². The first-order chi connectivity index (χ1) is 11.1. The molecule has 2 amide bonds. The molecule has 1 aliphatic heterocycles. The monoisotopic (exact) mass is 309 g/mol. The van der Waals surface area contributed by atoms with Gasteiger partial charge in [0, 0.05) is 30.5 Å². The molecule has 1 heterocycles. The van der Waals surface area contributed by atoms with E-state index >= 15 is 0 Å². The van der Waals surface area contributed by atoms with Crippen molar-refractivity contribution in [2.45, 2.75) is 13.3 Å². The lowest BCUT2D eigenvalue weighted by molar-refractivity contribution is -0.115. The Bertz CT molecular complexity index is 743. The summed E-state index contributed by atoms with van der Waals surface area (Å²) in [5.74, 6) is -0.205. The number of benzene rings is 2. The first kappa shape index (κ1) is 15.1. The molecule has 0 aliphatic carbocycles. The Kier molecular flexibility index (Phi) is 4.28. The maximum Gasteiger partial charge on any atom is 0.243 e. The van der Waals surface area contributed by atoms with Gasteiger partial charge < -0.3 is 15.5 Å². The molecular formula is C18H19N3O2. The molecule has 0 atom stereocenters. The summed E-state index contributed by atoms with van der Waals surface area (Å²) in [6.45, 7) is 2.64. The number of rotatable bonds is 4. The Labute approximate surface area is 135 Å². The van der Waals surface area contributed by atoms with Crippen LogP contribution in [0.2, 0.25) is 0 Å². The van der Waals surface area contributed by atoms with E-state index < -0.39 is 0 Å². The molecule has 0 unspecified atom stereocenters. The molecule has 0 radical (unpaired) electrons. The minimum atomic E-state index is -0.137. The molecule has 0 bridgehead atoms. The Hall–Kier alpha value is -2.82. The van der Waals surface area contributed by atoms with Crippen LogP contribution >= 0.6 is 0 Å². The fraction of sp³-hybridized carbons (Fsp3) is 0.222. The Morgan fingerprint density at radius 2 is 1.78 bits per heavy atom. The summed E-state index contributed by atoms with van der Waals surface area (Å²) < 4.78 is 0. The van der Waals surface area contributed by atoms with Crippen LogP contribution in [0.15, 0.2) is 48.5 Å². The van der Waals surface area contributed by atoms with Crippen molar-refractivity contribution in [3.8, 4) is 0 Å². The number of anilines is 3. The fourth-order valence-corrected chi connectivity index (χ4v) is 2.82. The average Bonchev–Trinajstić information content (AvgIpc) is 2.90. The number of amides is 2. The van der Waals surface area contributed by atoms with Crippen molar-refractivity contribution in [3.05, 3.63) is 54.1 Å². The lowest BCUT2D eigenvalue weighted by atomic mass is 10.2. The molecule has 0 aromatic heterocycles. The zero-order chi connectivity index (χ0) is 16.2. The predicted molar refractivity (Wildman–Crippen MR) is 91.7 cm³/mol. The van der Waals surface area contributed by atoms with Crippen LogP contribution in [0, 0.1) is 0 Å². The van der Waals surface area contributed by atoms with E-state index in [0.29, 0.717) is 17.9 Å². The first-order valence-electron chi connectivity index (χ1n) is 7.62. The second kappa shape index (κ2) is 6.52. The smallest absolute Gasteiger partial charge is 0.243 e. The lowest BCUT2D eigenvalue weighted by Gasteiger charge is -2.18. The van der Waals surface area contributed by atoms with Crippen molar-refractivity contribution in [1.82, 2.24) is 0 Å². The van der Waals surface area contributed by atoms with Crippen molar-refractivity contribution >= 4 is 28.9 Å². The number of carbonyl (C=O) groups excluding carboxylic acids is 2. The molecule has 0 saturated carbocycles. The molecule has 0 saturated heterocycles. The number of carbonyl (C=O) groups is 2. The zero-order valence-electron chi connectivity index (χ0n) is 13.0. The highest BCUT2D eigenvalue weighted by Crippen LogP contribution is 2.27. The summed E-state index contributed by atoms with van der Waals surface area (Å²) in [4.78, 5) is 25.4. The van der Waals surface area contributed by atoms with E-state index in [9.17, 15) is 9.59 Å². The topological polar surface area (TPSA) is 61.4 Å². The van der Waals surface area contributed by atoms with E-state index in [1.807, 2.05) is 18.2 Å². The van der Waals surface area contributed by atoms with Crippen molar-refractivity contribution in [1.29, 1.82) is 0 Å². The van der Waals surface area contributed by atoms with E-state index in [-0.39, 0.29) is 11.8 Å². The molecule has 1 aliphatic rings. The van der Waals surface area contributed by atoms with Gasteiger partial charge in [0.05, 0.1) is 6.54 Å². The minimum Gasteiger partial charge on any atom is -0.362 e. The van der Waals surface area contributed by atoms with E-state index in [0.717, 1.165) is 18.7 Å². The Morgan fingerprint density at radius 1 is 1.04 bits per heavy atom. The Balaban J connectivity index is 1.63. The fourth-order valence-electron chi connectivity index (χ4n) is 2.82. The highest BCUT2D eigenvalue weighted by atomic mass is 16.2. The van der Waals surface area contributed by atoms with Crippen molar-refractivity contribution in [2.24, 2.45) is 0 Å². The number of nitrogens with one attached hydrogen (secondary N) is 2. The van der Waals surface area contributed by atoms with Gasteiger partial charge in [0.25, 0.3) is 0 Å². The lowest BCUT2D eigenvalue weighted by Crippen LogP contribution is -2.31. The first-order valence-corrected chi connectivity index (χ1v) is 7.62. The molecule has 0 spiro atoms. The highest BCUT2D eigenvalue weighted by molar-refractivity contribution is 5.95. The summed E-state index contributed by atoms with van der Waals surface area (Å²) in [7, 11) is 0. The van der Waals surface area contributed by atoms with Crippen LogP contribution in [0.5, 0.6) is 0 Å². The molecule has 2 aromatic rings. The normalized spacial score (nSPS) is 12.7. The van der Waals surface area contributed by atoms with E-state index in [2.05, 4.69) is 21.6 Å². The van der Waals surface area contributed by atoms with Gasteiger partial charge in [-0.1, -0.05) is 24.3 Å². The largest absolute Gasteiger partial charge is 0.362 e. The standard InChI is InChI=1S/C18H19N3O2/c1-13(22)19-15-6-4-7-16(11-15)20-18(23)12-21-10-9-14-5-2-3-8-17(14)21/h2-8,11H,9-10,12H2,1H3,(H,19,22)(H,20,23). The molecule has 5 heteroatoms. The molecule has 5 nitrogen and oxygen atoms in total. The van der Waals surface area contributed by atoms with E-state index in [1.54, 1.807) is 24.3 Å². The van der Waals surface area contributed by atoms with Crippen LogP contribution in [-0.4, -0.2) is 24.9 Å². The van der Waals surface area contributed by atoms with Crippen LogP contribution in [0.4, 0.5) is 17.1 Å². The average molecular weight is 309 g/mol. The third-order valence-corrected chi connectivity index (χ3v) is 3.78. The zero-order valence-corrected chi connectivity index (χ0v) is 13.0. The minimum absolute atomic E-state index is 0.0679. The molecule has 0 fully saturated rings. The van der Waals surface area contributed by atoms with Gasteiger partial charge in [-0.2, -0.15) is 0 Å². The maximum absolute atomic E-state index is 12.3. The maximum atomic E-state index is 12.3. The van der Waals surface area contributed by atoms with Gasteiger partial charge in [-0.05, 0) is 36.2 Å². The van der Waals surface area contributed by atoms with Gasteiger partial charge in [-0.15, -0.1) is 0 Å². The van der Waals surface area contributed by atoms with Gasteiger partial charge in [0.1, 0.15) is 0 Å². The summed E-state index contributed by atoms with van der Waals surface area (Å²) in [5.41, 5.74) is 3.76. The van der Waals surface area contributed by atoms with Crippen LogP contribution in [0.3, 0.4) is 0 Å². The van der Waals surface area contributed by atoms with Crippen molar-refractivity contribution < 1.29 is 9.59 Å². The van der Waals surface area contributed by atoms with Gasteiger partial charge >= 0.3 is 0 Å². The van der Waals surface area contributed by atoms with Gasteiger partial charge in [-0.25, -0.2) is 0 Å². The van der Waals surface area contributed by atoms with Crippen LogP contribution < -0.4 is 15.5 Å². The second-order valence-electron chi connectivity index (χ2n) is 5.61. The summed E-state index contributed by atoms with van der Waals surface area (Å²) in [5, 5.41) is 5.59. The van der Waals surface area contributed by atoms with Gasteiger partial charge in [0.2, 0.25) is 11.8 Å². The predicted octanol–water partition coefficient (Wildman–Crippen LogP) is 2.65. The summed E-state index contributed by atoms with van der Waals surface area (Å²) in [6, 6.07) is 15.3. The van der Waals surface area contributed by atoms with Gasteiger partial charge in [-0.3, -0.25) is 9.59 Å². The quantitative estimate of drug-likeness (QED) is 0.913. The number of hydrogen-bond donors (Lipinski definition) is 2. The third kappa shape index (κ3) is 3.69. The molecular weight excluding hydrogens is 290 g/mol. The molecule has 118 valence electrons. The van der Waals surface area contributed by atoms with Crippen molar-refractivity contribution in [3.63, 3.8) is 0 Å². The van der Waals surface area contributed by atoms with E-state index in [4.69, 9.17) is 0 Å². The van der Waals surface area contributed by atoms with Crippen LogP contribution in [0.25, 0.3) is 0 Å². The van der Waals surface area contributed by atoms with E-state index in [1.165, 1.54) is 12.5 Å². The molecule has 2 aromatic carbocycles. The number of fused-ring (bicyclic) bond motifs is 1. The number of nitrogens with zero attached hydrogens (tertiary/aromatic N) is 1. The molecule has 2 N–H and O–H groups in total. The summed E-state index contributed by atoms with van der Waals surface area (Å²) >= 11 is 0. The Morgan fingerprint density at radius 3 is 2.57 bits per heavy atom. The SMILES string of the molecule is CC(=O)Nc1cccc(NC(=O)CN2CCc3ccccc32)c1. The van der Waals surface area contributed by atoms with Crippen molar-refractivity contribution in [2.75, 3.05) is 28.6 Å². The number of para-hydroxylation sites is 1. The third-order valence-electron chi connectivity index (χ3n) is 3.78. The number of hydrogen-bond acceptors (Lipinski definition) is 3. The molecule has 3 rings (SSSR count). The van der Waals surface area contributed by atoms with Crippen LogP contribution in [-0.2, 0) is 16.0 Å². The molecule has 23 heavy (non-hydrogen) atoms. The highest BCUT2D eigenvalue weighted by Gasteiger charge is 2.20.